The second-order valence-electron chi connectivity index (χ2n) is 8.26. The van der Waals surface area contributed by atoms with E-state index in [1.54, 1.807) is 20.8 Å². The minimum atomic E-state index is -1.83. The van der Waals surface area contributed by atoms with Crippen LogP contribution < -0.4 is 21.7 Å². The topological polar surface area (TPSA) is 225 Å². The van der Waals surface area contributed by atoms with Gasteiger partial charge in [0.25, 0.3) is 0 Å². The van der Waals surface area contributed by atoms with E-state index in [2.05, 4.69) is 10.6 Å². The minimum absolute atomic E-state index is 0.0698. The van der Waals surface area contributed by atoms with Gasteiger partial charge in [-0.15, -0.1) is 0 Å². The quantitative estimate of drug-likeness (QED) is 0.151. The molecule has 0 saturated carbocycles. The van der Waals surface area contributed by atoms with E-state index in [1.165, 1.54) is 0 Å². The summed E-state index contributed by atoms with van der Waals surface area (Å²) in [5.74, 6) is -7.49. The highest BCUT2D eigenvalue weighted by atomic mass is 16.4. The molecule has 0 rings (SSSR count). The molecular formula is C20H34N4O9. The monoisotopic (exact) mass is 474 g/mol. The normalized spacial score (nSPS) is 15.5. The Balaban J connectivity index is 5.58. The first kappa shape index (κ1) is 29.8. The van der Waals surface area contributed by atoms with Crippen molar-refractivity contribution in [2.45, 2.75) is 77.5 Å². The molecule has 3 amide bonds. The molecule has 5 unspecified atom stereocenters. The third-order valence-electron chi connectivity index (χ3n) is 4.90. The molecule has 0 aliphatic heterocycles. The van der Waals surface area contributed by atoms with E-state index in [4.69, 9.17) is 21.1 Å². The highest BCUT2D eigenvalue weighted by Gasteiger charge is 2.33. The number of nitrogens with one attached hydrogen (secondary N) is 3. The van der Waals surface area contributed by atoms with E-state index >= 15 is 0 Å². The lowest BCUT2D eigenvalue weighted by atomic mass is 9.97. The van der Waals surface area contributed by atoms with Crippen molar-refractivity contribution < 1.29 is 44.1 Å². The van der Waals surface area contributed by atoms with Crippen LogP contribution in [0, 0.1) is 11.8 Å². The van der Waals surface area contributed by atoms with Gasteiger partial charge in [0.15, 0.2) is 0 Å². The molecule has 0 radical (unpaired) electrons. The highest BCUT2D eigenvalue weighted by molar-refractivity contribution is 5.96. The van der Waals surface area contributed by atoms with Gasteiger partial charge in [-0.1, -0.05) is 34.1 Å². The number of carbonyl (C=O) groups excluding carboxylic acids is 3. The predicted molar refractivity (Wildman–Crippen MR) is 115 cm³/mol. The van der Waals surface area contributed by atoms with Crippen molar-refractivity contribution in [2.24, 2.45) is 17.6 Å². The summed E-state index contributed by atoms with van der Waals surface area (Å²) in [5.41, 5.74) is 5.90. The van der Waals surface area contributed by atoms with Crippen molar-refractivity contribution in [3.8, 4) is 0 Å². The van der Waals surface area contributed by atoms with Crippen LogP contribution in [-0.2, 0) is 28.8 Å². The summed E-state index contributed by atoms with van der Waals surface area (Å²) < 4.78 is 0. The molecule has 0 bridgehead atoms. The van der Waals surface area contributed by atoms with E-state index in [1.807, 2.05) is 12.2 Å². The van der Waals surface area contributed by atoms with E-state index in [0.29, 0.717) is 6.42 Å². The largest absolute Gasteiger partial charge is 0.481 e. The molecule has 0 saturated heterocycles. The summed E-state index contributed by atoms with van der Waals surface area (Å²) >= 11 is 0. The molecule has 0 aliphatic carbocycles. The van der Waals surface area contributed by atoms with Crippen molar-refractivity contribution >= 4 is 35.6 Å². The molecule has 8 N–H and O–H groups in total. The first-order valence-corrected chi connectivity index (χ1v) is 10.5. The van der Waals surface area contributed by atoms with Crippen molar-refractivity contribution in [1.29, 1.82) is 0 Å². The third-order valence-corrected chi connectivity index (χ3v) is 4.90. The predicted octanol–water partition coefficient (Wildman–Crippen LogP) is -1.11. The molecule has 0 heterocycles. The molecule has 188 valence electrons. The lowest BCUT2D eigenvalue weighted by Crippen LogP contribution is -2.58. The highest BCUT2D eigenvalue weighted by Crippen LogP contribution is 2.10. The summed E-state index contributed by atoms with van der Waals surface area (Å²) in [6.07, 6.45) is -1.07. The number of rotatable bonds is 15. The summed E-state index contributed by atoms with van der Waals surface area (Å²) in [6, 6.07) is -5.56. The van der Waals surface area contributed by atoms with Crippen LogP contribution in [0.5, 0.6) is 0 Å². The van der Waals surface area contributed by atoms with Crippen LogP contribution in [0.1, 0.15) is 53.4 Å². The Labute approximate surface area is 191 Å². The van der Waals surface area contributed by atoms with E-state index in [9.17, 15) is 28.8 Å². The SMILES string of the molecule is CCC(C)C(N)C(=O)NC(CC(C)C)C(=O)NC(CC(=O)O)C(=O)NC(CC(=O)O)C(=O)O. The van der Waals surface area contributed by atoms with Crippen LogP contribution in [0.25, 0.3) is 0 Å². The Morgan fingerprint density at radius 3 is 1.58 bits per heavy atom. The van der Waals surface area contributed by atoms with Crippen molar-refractivity contribution in [2.75, 3.05) is 0 Å². The van der Waals surface area contributed by atoms with Gasteiger partial charge >= 0.3 is 17.9 Å². The van der Waals surface area contributed by atoms with Gasteiger partial charge in [-0.2, -0.15) is 0 Å². The molecule has 0 fully saturated rings. The van der Waals surface area contributed by atoms with Crippen molar-refractivity contribution in [3.63, 3.8) is 0 Å². The Morgan fingerprint density at radius 1 is 0.727 bits per heavy atom. The first-order valence-electron chi connectivity index (χ1n) is 10.5. The number of carboxylic acid groups (broad SMARTS) is 3. The van der Waals surface area contributed by atoms with E-state index in [-0.39, 0.29) is 18.3 Å². The lowest BCUT2D eigenvalue weighted by molar-refractivity contribution is -0.148. The molecule has 5 atom stereocenters. The summed E-state index contributed by atoms with van der Waals surface area (Å²) in [4.78, 5) is 70.9. The number of carboxylic acids is 3. The van der Waals surface area contributed by atoms with Gasteiger partial charge in [-0.05, 0) is 18.3 Å². The second kappa shape index (κ2) is 14.0. The molecule has 0 spiro atoms. The van der Waals surface area contributed by atoms with Crippen LogP contribution in [0.3, 0.4) is 0 Å². The third kappa shape index (κ3) is 11.3. The van der Waals surface area contributed by atoms with Gasteiger partial charge in [0, 0.05) is 0 Å². The van der Waals surface area contributed by atoms with Gasteiger partial charge in [-0.25, -0.2) is 4.79 Å². The summed E-state index contributed by atoms with van der Waals surface area (Å²) in [7, 11) is 0. The van der Waals surface area contributed by atoms with Gasteiger partial charge < -0.3 is 37.0 Å². The Morgan fingerprint density at radius 2 is 1.15 bits per heavy atom. The van der Waals surface area contributed by atoms with Crippen molar-refractivity contribution in [3.05, 3.63) is 0 Å². The number of carbonyl (C=O) groups is 6. The van der Waals surface area contributed by atoms with Crippen LogP contribution in [0.4, 0.5) is 0 Å². The fourth-order valence-electron chi connectivity index (χ4n) is 2.79. The number of aliphatic carboxylic acids is 3. The van der Waals surface area contributed by atoms with Gasteiger partial charge in [0.1, 0.15) is 18.1 Å². The zero-order valence-electron chi connectivity index (χ0n) is 19.2. The average molecular weight is 475 g/mol. The van der Waals surface area contributed by atoms with Gasteiger partial charge in [0.2, 0.25) is 17.7 Å². The molecule has 0 aliphatic rings. The molecule has 0 aromatic heterocycles. The summed E-state index contributed by atoms with van der Waals surface area (Å²) in [6.45, 7) is 7.18. The molecule has 0 aromatic rings. The minimum Gasteiger partial charge on any atom is -0.481 e. The molecule has 13 nitrogen and oxygen atoms in total. The van der Waals surface area contributed by atoms with E-state index < -0.39 is 72.6 Å². The molecule has 33 heavy (non-hydrogen) atoms. The van der Waals surface area contributed by atoms with Crippen LogP contribution in [0.15, 0.2) is 0 Å². The second-order valence-corrected chi connectivity index (χ2v) is 8.26. The van der Waals surface area contributed by atoms with Crippen LogP contribution in [-0.4, -0.2) is 75.1 Å². The standard InChI is InChI=1S/C20H34N4O9/c1-5-10(4)16(21)19(31)23-11(6-9(2)3)17(29)22-12(7-14(25)26)18(30)24-13(20(32)33)8-15(27)28/h9-13,16H,5-8,21H2,1-4H3,(H,22,29)(H,23,31)(H,24,30)(H,25,26)(H,27,28)(H,32,33). The number of amides is 3. The molecule has 13 heteroatoms. The Kier molecular flexibility index (Phi) is 12.7. The summed E-state index contributed by atoms with van der Waals surface area (Å²) in [5, 5.41) is 33.6. The van der Waals surface area contributed by atoms with Crippen LogP contribution in [0.2, 0.25) is 0 Å². The Hall–Kier alpha value is -3.22. The van der Waals surface area contributed by atoms with Gasteiger partial charge in [-0.3, -0.25) is 24.0 Å². The fraction of sp³-hybridized carbons (Fsp3) is 0.700. The van der Waals surface area contributed by atoms with Crippen molar-refractivity contribution in [1.82, 2.24) is 16.0 Å². The zero-order valence-corrected chi connectivity index (χ0v) is 19.2. The molecular weight excluding hydrogens is 440 g/mol. The average Bonchev–Trinajstić information content (AvgIpc) is 2.69. The maximum atomic E-state index is 12.8. The maximum Gasteiger partial charge on any atom is 0.326 e. The first-order chi connectivity index (χ1) is 15.2. The Bertz CT molecular complexity index is 741. The number of nitrogens with two attached hydrogens (primary N) is 1. The maximum absolute atomic E-state index is 12.8. The number of hydrogen-bond donors (Lipinski definition) is 7. The number of hydrogen-bond acceptors (Lipinski definition) is 7. The van der Waals surface area contributed by atoms with E-state index in [0.717, 1.165) is 0 Å². The van der Waals surface area contributed by atoms with Gasteiger partial charge in [0.05, 0.1) is 18.9 Å². The smallest absolute Gasteiger partial charge is 0.326 e. The van der Waals surface area contributed by atoms with Crippen LogP contribution >= 0.6 is 0 Å². The fourth-order valence-corrected chi connectivity index (χ4v) is 2.79. The lowest BCUT2D eigenvalue weighted by Gasteiger charge is -2.26. The molecule has 0 aromatic carbocycles. The zero-order chi connectivity index (χ0) is 25.9.